The molecule has 2 aromatic heterocycles. The molecule has 2 aromatic rings. The number of hydrogen-bond acceptors (Lipinski definition) is 4. The van der Waals surface area contributed by atoms with Crippen molar-refractivity contribution < 1.29 is 18.7 Å². The Labute approximate surface area is 91.5 Å². The molecule has 0 bridgehead atoms. The molecular formula is C11H11NO4. The van der Waals surface area contributed by atoms with E-state index in [1.165, 1.54) is 7.11 Å². The van der Waals surface area contributed by atoms with Crippen molar-refractivity contribution in [1.29, 1.82) is 0 Å². The van der Waals surface area contributed by atoms with Gasteiger partial charge in [0.1, 0.15) is 5.69 Å². The van der Waals surface area contributed by atoms with E-state index in [9.17, 15) is 4.79 Å². The lowest BCUT2D eigenvalue weighted by Gasteiger charge is -2.05. The summed E-state index contributed by atoms with van der Waals surface area (Å²) in [6.45, 7) is 1.41. The van der Waals surface area contributed by atoms with Crippen molar-refractivity contribution in [2.75, 3.05) is 13.7 Å². The maximum absolute atomic E-state index is 11.6. The predicted octanol–water partition coefficient (Wildman–Crippen LogP) is 1.42. The van der Waals surface area contributed by atoms with Crippen molar-refractivity contribution in [1.82, 2.24) is 4.57 Å². The largest absolute Gasteiger partial charge is 0.464 e. The molecule has 0 amide bonds. The topological polar surface area (TPSA) is 56.9 Å². The summed E-state index contributed by atoms with van der Waals surface area (Å²) in [5.41, 5.74) is 2.10. The second-order valence-electron chi connectivity index (χ2n) is 3.76. The molecule has 5 nitrogen and oxygen atoms in total. The van der Waals surface area contributed by atoms with Gasteiger partial charge >= 0.3 is 5.97 Å². The summed E-state index contributed by atoms with van der Waals surface area (Å²) >= 11 is 0. The van der Waals surface area contributed by atoms with E-state index in [1.54, 1.807) is 12.3 Å². The Morgan fingerprint density at radius 1 is 1.69 bits per heavy atom. The molecule has 1 saturated heterocycles. The summed E-state index contributed by atoms with van der Waals surface area (Å²) in [4.78, 5) is 11.6. The molecule has 0 N–H and O–H groups in total. The number of furan rings is 1. The van der Waals surface area contributed by atoms with Crippen molar-refractivity contribution >= 4 is 17.1 Å². The van der Waals surface area contributed by atoms with E-state index in [-0.39, 0.29) is 12.1 Å². The number of methoxy groups -OCH3 is 1. The zero-order valence-corrected chi connectivity index (χ0v) is 8.80. The summed E-state index contributed by atoms with van der Waals surface area (Å²) in [5, 5.41) is 0. The Morgan fingerprint density at radius 2 is 2.50 bits per heavy atom. The van der Waals surface area contributed by atoms with Crippen LogP contribution in [0.1, 0.15) is 10.5 Å². The van der Waals surface area contributed by atoms with Crippen molar-refractivity contribution in [2.24, 2.45) is 0 Å². The Hall–Kier alpha value is -1.75. The number of fused-ring (bicyclic) bond motifs is 1. The van der Waals surface area contributed by atoms with Gasteiger partial charge in [-0.2, -0.15) is 0 Å². The second-order valence-corrected chi connectivity index (χ2v) is 3.76. The van der Waals surface area contributed by atoms with E-state index in [0.717, 1.165) is 12.1 Å². The first-order valence-corrected chi connectivity index (χ1v) is 5.06. The molecule has 3 rings (SSSR count). The summed E-state index contributed by atoms with van der Waals surface area (Å²) in [7, 11) is 1.37. The highest BCUT2D eigenvalue weighted by Crippen LogP contribution is 2.24. The Morgan fingerprint density at radius 3 is 3.19 bits per heavy atom. The number of esters is 1. The quantitative estimate of drug-likeness (QED) is 0.581. The van der Waals surface area contributed by atoms with Gasteiger partial charge in [0.2, 0.25) is 0 Å². The lowest BCUT2D eigenvalue weighted by Crippen LogP contribution is -2.13. The van der Waals surface area contributed by atoms with Gasteiger partial charge in [0.25, 0.3) is 0 Å². The first kappa shape index (κ1) is 9.47. The van der Waals surface area contributed by atoms with Gasteiger partial charge in [-0.3, -0.25) is 0 Å². The maximum atomic E-state index is 11.6. The minimum absolute atomic E-state index is 0.203. The number of carbonyl (C=O) groups excluding carboxylic acids is 1. The average molecular weight is 221 g/mol. The fourth-order valence-electron chi connectivity index (χ4n) is 1.82. The van der Waals surface area contributed by atoms with Crippen LogP contribution in [0.5, 0.6) is 0 Å². The van der Waals surface area contributed by atoms with Crippen LogP contribution in [0.2, 0.25) is 0 Å². The smallest absolute Gasteiger partial charge is 0.354 e. The fourth-order valence-corrected chi connectivity index (χ4v) is 1.82. The third-order valence-electron chi connectivity index (χ3n) is 2.71. The Bertz CT molecular complexity index is 535. The van der Waals surface area contributed by atoms with E-state index in [4.69, 9.17) is 13.9 Å². The Balaban J connectivity index is 2.09. The van der Waals surface area contributed by atoms with Gasteiger partial charge in [-0.05, 0) is 0 Å². The van der Waals surface area contributed by atoms with Crippen LogP contribution >= 0.6 is 0 Å². The number of carbonyl (C=O) groups is 1. The number of rotatable bonds is 3. The van der Waals surface area contributed by atoms with Crippen LogP contribution < -0.4 is 0 Å². The first-order valence-electron chi connectivity index (χ1n) is 5.06. The standard InChI is InChI=1S/C11H11NO4/c1-14-11(13)9-4-10-8(2-3-15-10)12(9)5-7-6-16-7/h2-4,7H,5-6H2,1H3/t7-/m0/s1. The summed E-state index contributed by atoms with van der Waals surface area (Å²) in [6, 6.07) is 3.54. The molecule has 0 spiro atoms. The molecule has 84 valence electrons. The van der Waals surface area contributed by atoms with Crippen molar-refractivity contribution in [3.05, 3.63) is 24.1 Å². The molecule has 1 aliphatic rings. The van der Waals surface area contributed by atoms with Crippen LogP contribution in [0.15, 0.2) is 22.8 Å². The fraction of sp³-hybridized carbons (Fsp3) is 0.364. The summed E-state index contributed by atoms with van der Waals surface area (Å²) in [6.07, 6.45) is 1.81. The molecule has 5 heteroatoms. The maximum Gasteiger partial charge on any atom is 0.354 e. The van der Waals surface area contributed by atoms with Gasteiger partial charge in [0.15, 0.2) is 5.58 Å². The van der Waals surface area contributed by atoms with Crippen LogP contribution in [-0.2, 0) is 16.0 Å². The molecule has 1 fully saturated rings. The van der Waals surface area contributed by atoms with E-state index in [2.05, 4.69) is 0 Å². The average Bonchev–Trinajstić information content (AvgIpc) is 2.87. The molecular weight excluding hydrogens is 210 g/mol. The lowest BCUT2D eigenvalue weighted by molar-refractivity contribution is 0.0588. The van der Waals surface area contributed by atoms with Crippen molar-refractivity contribution in [2.45, 2.75) is 12.6 Å². The first-order chi connectivity index (χ1) is 7.79. The minimum Gasteiger partial charge on any atom is -0.464 e. The third kappa shape index (κ3) is 1.40. The molecule has 0 radical (unpaired) electrons. The van der Waals surface area contributed by atoms with E-state index in [0.29, 0.717) is 17.8 Å². The summed E-state index contributed by atoms with van der Waals surface area (Å²) < 4.78 is 17.1. The highest BCUT2D eigenvalue weighted by atomic mass is 16.6. The normalized spacial score (nSPS) is 18.9. The minimum atomic E-state index is -0.355. The second kappa shape index (κ2) is 3.38. The van der Waals surface area contributed by atoms with Crippen LogP contribution in [0, 0.1) is 0 Å². The van der Waals surface area contributed by atoms with Gasteiger partial charge in [-0.25, -0.2) is 4.79 Å². The highest BCUT2D eigenvalue weighted by Gasteiger charge is 2.27. The monoisotopic (exact) mass is 221 g/mol. The van der Waals surface area contributed by atoms with Gasteiger partial charge in [-0.15, -0.1) is 0 Å². The van der Waals surface area contributed by atoms with E-state index < -0.39 is 0 Å². The number of nitrogens with zero attached hydrogens (tertiary/aromatic N) is 1. The van der Waals surface area contributed by atoms with Gasteiger partial charge in [0.05, 0.1) is 38.1 Å². The highest BCUT2D eigenvalue weighted by molar-refractivity contribution is 5.93. The Kier molecular flexibility index (Phi) is 2.00. The van der Waals surface area contributed by atoms with Crippen LogP contribution in [-0.4, -0.2) is 30.4 Å². The molecule has 0 aliphatic carbocycles. The van der Waals surface area contributed by atoms with Gasteiger partial charge in [-0.1, -0.05) is 0 Å². The lowest BCUT2D eigenvalue weighted by atomic mass is 10.4. The van der Waals surface area contributed by atoms with Crippen molar-refractivity contribution in [3.8, 4) is 0 Å². The third-order valence-corrected chi connectivity index (χ3v) is 2.71. The number of ether oxygens (including phenoxy) is 2. The SMILES string of the molecule is COC(=O)c1cc2occc2n1C[C@H]1CO1. The molecule has 1 aliphatic heterocycles. The molecule has 16 heavy (non-hydrogen) atoms. The van der Waals surface area contributed by atoms with Crippen molar-refractivity contribution in [3.63, 3.8) is 0 Å². The predicted molar refractivity (Wildman–Crippen MR) is 55.3 cm³/mol. The van der Waals surface area contributed by atoms with Crippen LogP contribution in [0.4, 0.5) is 0 Å². The molecule has 0 aromatic carbocycles. The van der Waals surface area contributed by atoms with Gasteiger partial charge < -0.3 is 18.5 Å². The number of epoxide rings is 1. The zero-order chi connectivity index (χ0) is 11.1. The van der Waals surface area contributed by atoms with E-state index >= 15 is 0 Å². The number of hydrogen-bond donors (Lipinski definition) is 0. The van der Waals surface area contributed by atoms with Gasteiger partial charge in [0, 0.05) is 12.1 Å². The molecule has 3 heterocycles. The molecule has 0 saturated carbocycles. The number of aromatic nitrogens is 1. The van der Waals surface area contributed by atoms with Crippen LogP contribution in [0.3, 0.4) is 0 Å². The van der Waals surface area contributed by atoms with Crippen LogP contribution in [0.25, 0.3) is 11.1 Å². The molecule has 1 atom stereocenters. The zero-order valence-electron chi connectivity index (χ0n) is 8.80. The molecule has 0 unspecified atom stereocenters. The van der Waals surface area contributed by atoms with E-state index in [1.807, 2.05) is 10.6 Å². The summed E-state index contributed by atoms with van der Waals surface area (Å²) in [5.74, 6) is -0.355.